The van der Waals surface area contributed by atoms with Gasteiger partial charge in [-0.15, -0.1) is 0 Å². The molecule has 110 valence electrons. The van der Waals surface area contributed by atoms with Crippen LogP contribution in [0.2, 0.25) is 0 Å². The van der Waals surface area contributed by atoms with Crippen molar-refractivity contribution in [3.8, 4) is 0 Å². The SMILES string of the molecule is CCC1CCCCCN1CC(=O)c1c(F)cccc1F. The van der Waals surface area contributed by atoms with E-state index in [1.807, 2.05) is 0 Å². The molecular formula is C16H21F2NO. The highest BCUT2D eigenvalue weighted by molar-refractivity contribution is 5.98. The van der Waals surface area contributed by atoms with Crippen molar-refractivity contribution in [1.29, 1.82) is 0 Å². The lowest BCUT2D eigenvalue weighted by atomic mass is 10.1. The highest BCUT2D eigenvalue weighted by Gasteiger charge is 2.24. The molecule has 0 bridgehead atoms. The summed E-state index contributed by atoms with van der Waals surface area (Å²) in [5, 5.41) is 0. The second-order valence-corrected chi connectivity index (χ2v) is 5.40. The molecule has 1 unspecified atom stereocenters. The zero-order chi connectivity index (χ0) is 14.5. The first kappa shape index (κ1) is 15.1. The number of Topliss-reactive ketones (excluding diaryl/α,β-unsaturated/α-hetero) is 1. The normalized spacial score (nSPS) is 20.6. The Bertz CT molecular complexity index is 455. The number of nitrogens with zero attached hydrogens (tertiary/aromatic N) is 1. The summed E-state index contributed by atoms with van der Waals surface area (Å²) in [6.07, 6.45) is 5.40. The highest BCUT2D eigenvalue weighted by Crippen LogP contribution is 2.20. The van der Waals surface area contributed by atoms with Crippen molar-refractivity contribution >= 4 is 5.78 Å². The van der Waals surface area contributed by atoms with Gasteiger partial charge < -0.3 is 0 Å². The molecule has 0 saturated carbocycles. The average Bonchev–Trinajstić information content (AvgIpc) is 2.63. The first-order valence-electron chi connectivity index (χ1n) is 7.34. The number of hydrogen-bond acceptors (Lipinski definition) is 2. The van der Waals surface area contributed by atoms with Gasteiger partial charge in [0.1, 0.15) is 11.6 Å². The van der Waals surface area contributed by atoms with Crippen molar-refractivity contribution in [2.45, 2.75) is 45.1 Å². The minimum absolute atomic E-state index is 0.107. The van der Waals surface area contributed by atoms with Gasteiger partial charge in [-0.1, -0.05) is 25.8 Å². The van der Waals surface area contributed by atoms with E-state index in [1.165, 1.54) is 6.07 Å². The topological polar surface area (TPSA) is 20.3 Å². The molecule has 1 aromatic rings. The number of carbonyl (C=O) groups is 1. The smallest absolute Gasteiger partial charge is 0.182 e. The number of carbonyl (C=O) groups excluding carboxylic acids is 1. The maximum Gasteiger partial charge on any atom is 0.182 e. The van der Waals surface area contributed by atoms with E-state index in [-0.39, 0.29) is 6.54 Å². The predicted octanol–water partition coefficient (Wildman–Crippen LogP) is 3.80. The van der Waals surface area contributed by atoms with E-state index in [4.69, 9.17) is 0 Å². The maximum atomic E-state index is 13.6. The summed E-state index contributed by atoms with van der Waals surface area (Å²) in [6.45, 7) is 3.04. The van der Waals surface area contributed by atoms with E-state index in [0.717, 1.165) is 50.8 Å². The lowest BCUT2D eigenvalue weighted by molar-refractivity contribution is 0.0882. The summed E-state index contributed by atoms with van der Waals surface area (Å²) in [4.78, 5) is 14.3. The van der Waals surface area contributed by atoms with Crippen molar-refractivity contribution in [2.75, 3.05) is 13.1 Å². The Kier molecular flexibility index (Phi) is 5.24. The molecule has 20 heavy (non-hydrogen) atoms. The van der Waals surface area contributed by atoms with Gasteiger partial charge in [0.2, 0.25) is 0 Å². The zero-order valence-electron chi connectivity index (χ0n) is 11.9. The molecule has 2 rings (SSSR count). The molecule has 0 radical (unpaired) electrons. The predicted molar refractivity (Wildman–Crippen MR) is 74.8 cm³/mol. The number of rotatable bonds is 4. The molecule has 0 aliphatic carbocycles. The number of hydrogen-bond donors (Lipinski definition) is 0. The molecule has 2 nitrogen and oxygen atoms in total. The van der Waals surface area contributed by atoms with Gasteiger partial charge in [-0.05, 0) is 37.9 Å². The molecule has 4 heteroatoms. The van der Waals surface area contributed by atoms with E-state index >= 15 is 0 Å². The third-order valence-corrected chi connectivity index (χ3v) is 4.06. The van der Waals surface area contributed by atoms with Crippen LogP contribution in [-0.2, 0) is 0 Å². The standard InChI is InChI=1S/C16H21F2NO/c1-2-12-7-4-3-5-10-19(12)11-15(20)16-13(17)8-6-9-14(16)18/h6,8-9,12H,2-5,7,10-11H2,1H3. The van der Waals surface area contributed by atoms with Crippen LogP contribution in [0.3, 0.4) is 0 Å². The van der Waals surface area contributed by atoms with Crippen LogP contribution >= 0.6 is 0 Å². The first-order valence-corrected chi connectivity index (χ1v) is 7.34. The Hall–Kier alpha value is -1.29. The van der Waals surface area contributed by atoms with Crippen molar-refractivity contribution in [1.82, 2.24) is 4.90 Å². The van der Waals surface area contributed by atoms with Gasteiger partial charge >= 0.3 is 0 Å². The summed E-state index contributed by atoms with van der Waals surface area (Å²) in [7, 11) is 0. The van der Waals surface area contributed by atoms with Crippen molar-refractivity contribution in [3.05, 3.63) is 35.4 Å². The molecule has 0 amide bonds. The second kappa shape index (κ2) is 6.93. The van der Waals surface area contributed by atoms with Crippen LogP contribution < -0.4 is 0 Å². The summed E-state index contributed by atoms with van der Waals surface area (Å²) in [5.74, 6) is -1.99. The molecule has 1 aliphatic rings. The van der Waals surface area contributed by atoms with E-state index in [9.17, 15) is 13.6 Å². The van der Waals surface area contributed by atoms with Gasteiger partial charge in [-0.3, -0.25) is 9.69 Å². The Morgan fingerprint density at radius 2 is 1.95 bits per heavy atom. The molecule has 1 aliphatic heterocycles. The van der Waals surface area contributed by atoms with Gasteiger partial charge in [-0.2, -0.15) is 0 Å². The highest BCUT2D eigenvalue weighted by atomic mass is 19.1. The van der Waals surface area contributed by atoms with E-state index in [1.54, 1.807) is 0 Å². The molecule has 1 atom stereocenters. The number of likely N-dealkylation sites (tertiary alicyclic amines) is 1. The molecule has 1 heterocycles. The minimum atomic E-state index is -0.766. The van der Waals surface area contributed by atoms with Gasteiger partial charge in [0.05, 0.1) is 12.1 Å². The Morgan fingerprint density at radius 3 is 2.60 bits per heavy atom. The average molecular weight is 281 g/mol. The van der Waals surface area contributed by atoms with E-state index in [2.05, 4.69) is 11.8 Å². The zero-order valence-corrected chi connectivity index (χ0v) is 11.9. The fourth-order valence-corrected chi connectivity index (χ4v) is 2.93. The lowest BCUT2D eigenvalue weighted by Gasteiger charge is -2.28. The van der Waals surface area contributed by atoms with Gasteiger partial charge in [0, 0.05) is 6.04 Å². The number of halogens is 2. The lowest BCUT2D eigenvalue weighted by Crippen LogP contribution is -2.38. The van der Waals surface area contributed by atoms with Gasteiger partial charge in [0.15, 0.2) is 5.78 Å². The molecule has 0 spiro atoms. The van der Waals surface area contributed by atoms with Crippen LogP contribution in [0, 0.1) is 11.6 Å². The molecule has 1 saturated heterocycles. The summed E-state index contributed by atoms with van der Waals surface area (Å²) in [6, 6.07) is 3.89. The number of benzene rings is 1. The third kappa shape index (κ3) is 3.42. The fraction of sp³-hybridized carbons (Fsp3) is 0.562. The molecule has 1 aromatic carbocycles. The van der Waals surface area contributed by atoms with Crippen LogP contribution in [-0.4, -0.2) is 29.8 Å². The minimum Gasteiger partial charge on any atom is -0.293 e. The molecule has 0 N–H and O–H groups in total. The Morgan fingerprint density at radius 1 is 1.25 bits per heavy atom. The van der Waals surface area contributed by atoms with E-state index < -0.39 is 23.0 Å². The maximum absolute atomic E-state index is 13.6. The van der Waals surface area contributed by atoms with Crippen LogP contribution in [0.5, 0.6) is 0 Å². The third-order valence-electron chi connectivity index (χ3n) is 4.06. The number of ketones is 1. The van der Waals surface area contributed by atoms with Crippen LogP contribution in [0.1, 0.15) is 49.4 Å². The fourth-order valence-electron chi connectivity index (χ4n) is 2.93. The first-order chi connectivity index (χ1) is 9.63. The van der Waals surface area contributed by atoms with E-state index in [0.29, 0.717) is 6.04 Å². The summed E-state index contributed by atoms with van der Waals surface area (Å²) < 4.78 is 27.3. The van der Waals surface area contributed by atoms with Gasteiger partial charge in [0.25, 0.3) is 0 Å². The van der Waals surface area contributed by atoms with Crippen molar-refractivity contribution in [2.24, 2.45) is 0 Å². The largest absolute Gasteiger partial charge is 0.293 e. The molecular weight excluding hydrogens is 260 g/mol. The Labute approximate surface area is 118 Å². The van der Waals surface area contributed by atoms with Crippen molar-refractivity contribution in [3.63, 3.8) is 0 Å². The quantitative estimate of drug-likeness (QED) is 0.782. The Balaban J connectivity index is 2.13. The van der Waals surface area contributed by atoms with Crippen molar-refractivity contribution < 1.29 is 13.6 Å². The van der Waals surface area contributed by atoms with Crippen LogP contribution in [0.15, 0.2) is 18.2 Å². The van der Waals surface area contributed by atoms with Crippen LogP contribution in [0.4, 0.5) is 8.78 Å². The second-order valence-electron chi connectivity index (χ2n) is 5.40. The summed E-state index contributed by atoms with van der Waals surface area (Å²) in [5.41, 5.74) is -0.397. The molecule has 0 aromatic heterocycles. The molecule has 1 fully saturated rings. The van der Waals surface area contributed by atoms with Gasteiger partial charge in [-0.25, -0.2) is 8.78 Å². The summed E-state index contributed by atoms with van der Waals surface area (Å²) >= 11 is 0. The monoisotopic (exact) mass is 281 g/mol. The van der Waals surface area contributed by atoms with Crippen LogP contribution in [0.25, 0.3) is 0 Å².